The van der Waals surface area contributed by atoms with E-state index in [2.05, 4.69) is 0 Å². The molecule has 0 amide bonds. The first kappa shape index (κ1) is 6.11. The summed E-state index contributed by atoms with van der Waals surface area (Å²) in [5.74, 6) is 0. The maximum absolute atomic E-state index is 8.69. The van der Waals surface area contributed by atoms with E-state index < -0.39 is 7.12 Å². The molecule has 0 atom stereocenters. The fourth-order valence-electron chi connectivity index (χ4n) is 0.993. The molecule has 0 spiro atoms. The summed E-state index contributed by atoms with van der Waals surface area (Å²) in [6.45, 7) is 1.90. The highest BCUT2D eigenvalue weighted by Crippen LogP contribution is 2.48. The summed E-state index contributed by atoms with van der Waals surface area (Å²) in [6.07, 6.45) is 3.07. The number of hydrogen-bond acceptors (Lipinski definition) is 2. The molecule has 1 saturated carbocycles. The van der Waals surface area contributed by atoms with Crippen LogP contribution in [-0.4, -0.2) is 17.2 Å². The van der Waals surface area contributed by atoms with Crippen LogP contribution in [0.5, 0.6) is 0 Å². The van der Waals surface area contributed by atoms with Gasteiger partial charge in [0.1, 0.15) is 0 Å². The average molecular weight is 114 g/mol. The predicted octanol–water partition coefficient (Wildman–Crippen LogP) is 0.403. The molecule has 0 saturated heterocycles. The molecule has 0 aromatic rings. The lowest BCUT2D eigenvalue weighted by molar-refractivity contribution is 0.260. The summed E-state index contributed by atoms with van der Waals surface area (Å²) in [7, 11) is -1.10. The van der Waals surface area contributed by atoms with Crippen molar-refractivity contribution in [1.82, 2.24) is 0 Å². The Morgan fingerprint density at radius 1 is 1.38 bits per heavy atom. The van der Waals surface area contributed by atoms with Gasteiger partial charge in [0.2, 0.25) is 0 Å². The highest BCUT2D eigenvalue weighted by Gasteiger charge is 2.42. The van der Waals surface area contributed by atoms with Gasteiger partial charge in [-0.3, -0.25) is 0 Å². The minimum atomic E-state index is -1.10. The van der Waals surface area contributed by atoms with Crippen molar-refractivity contribution >= 4 is 7.12 Å². The summed E-state index contributed by atoms with van der Waals surface area (Å²) in [5.41, 5.74) is 0. The standard InChI is InChI=1S/C5H11BO2/c1-5(6(7)8)3-2-4-5/h7-8H,2-4H2,1H3. The molecule has 3 heteroatoms. The number of rotatable bonds is 1. The van der Waals surface area contributed by atoms with Crippen molar-refractivity contribution in [2.45, 2.75) is 31.5 Å². The summed E-state index contributed by atoms with van der Waals surface area (Å²) in [4.78, 5) is 0. The van der Waals surface area contributed by atoms with E-state index in [0.29, 0.717) is 0 Å². The van der Waals surface area contributed by atoms with Crippen LogP contribution in [0.4, 0.5) is 0 Å². The zero-order chi connectivity index (χ0) is 6.20. The van der Waals surface area contributed by atoms with Crippen molar-refractivity contribution < 1.29 is 10.0 Å². The monoisotopic (exact) mass is 114 g/mol. The molecule has 1 fully saturated rings. The van der Waals surface area contributed by atoms with Gasteiger partial charge in [0.15, 0.2) is 0 Å². The van der Waals surface area contributed by atoms with E-state index in [1.165, 1.54) is 0 Å². The minimum absolute atomic E-state index is 0.167. The van der Waals surface area contributed by atoms with Crippen LogP contribution in [0.25, 0.3) is 0 Å². The van der Waals surface area contributed by atoms with Gasteiger partial charge in [0.05, 0.1) is 0 Å². The Bertz CT molecular complexity index is 88.4. The maximum Gasteiger partial charge on any atom is 0.457 e. The second-order valence-electron chi connectivity index (χ2n) is 2.88. The molecule has 1 aliphatic rings. The van der Waals surface area contributed by atoms with E-state index in [4.69, 9.17) is 10.0 Å². The second-order valence-corrected chi connectivity index (χ2v) is 2.88. The molecule has 0 aromatic heterocycles. The average Bonchev–Trinajstić information content (AvgIpc) is 1.60. The Hall–Kier alpha value is -0.0151. The fraction of sp³-hybridized carbons (Fsp3) is 1.00. The molecule has 0 radical (unpaired) electrons. The summed E-state index contributed by atoms with van der Waals surface area (Å²) < 4.78 is 0. The Kier molecular flexibility index (Phi) is 1.33. The zero-order valence-electron chi connectivity index (χ0n) is 5.09. The van der Waals surface area contributed by atoms with Crippen LogP contribution in [0.3, 0.4) is 0 Å². The van der Waals surface area contributed by atoms with Gasteiger partial charge in [-0.2, -0.15) is 0 Å². The van der Waals surface area contributed by atoms with E-state index in [1.54, 1.807) is 0 Å². The zero-order valence-corrected chi connectivity index (χ0v) is 5.09. The lowest BCUT2D eigenvalue weighted by Gasteiger charge is -2.36. The van der Waals surface area contributed by atoms with E-state index >= 15 is 0 Å². The van der Waals surface area contributed by atoms with Crippen LogP contribution < -0.4 is 0 Å². The third-order valence-corrected chi connectivity index (χ3v) is 2.12. The molecule has 0 unspecified atom stereocenters. The van der Waals surface area contributed by atoms with Gasteiger partial charge >= 0.3 is 7.12 Å². The smallest absolute Gasteiger partial charge is 0.427 e. The molecule has 2 N–H and O–H groups in total. The van der Waals surface area contributed by atoms with Crippen molar-refractivity contribution in [2.24, 2.45) is 0 Å². The van der Waals surface area contributed by atoms with Crippen molar-refractivity contribution in [2.75, 3.05) is 0 Å². The van der Waals surface area contributed by atoms with Crippen molar-refractivity contribution in [1.29, 1.82) is 0 Å². The topological polar surface area (TPSA) is 40.5 Å². The first-order valence-electron chi connectivity index (χ1n) is 3.01. The third-order valence-electron chi connectivity index (χ3n) is 2.12. The molecule has 0 bridgehead atoms. The summed E-state index contributed by atoms with van der Waals surface area (Å²) in [5, 5.41) is 17.2. The quantitative estimate of drug-likeness (QED) is 0.484. The van der Waals surface area contributed by atoms with Crippen LogP contribution in [0.2, 0.25) is 5.31 Å². The second kappa shape index (κ2) is 1.74. The Morgan fingerprint density at radius 2 is 1.88 bits per heavy atom. The van der Waals surface area contributed by atoms with Gasteiger partial charge in [-0.15, -0.1) is 0 Å². The molecule has 0 aliphatic heterocycles. The molecular weight excluding hydrogens is 103 g/mol. The maximum atomic E-state index is 8.69. The number of hydrogen-bond donors (Lipinski definition) is 2. The van der Waals surface area contributed by atoms with Crippen LogP contribution in [0, 0.1) is 0 Å². The molecule has 1 rings (SSSR count). The van der Waals surface area contributed by atoms with E-state index in [-0.39, 0.29) is 5.31 Å². The van der Waals surface area contributed by atoms with Crippen molar-refractivity contribution in [3.05, 3.63) is 0 Å². The molecule has 8 heavy (non-hydrogen) atoms. The van der Waals surface area contributed by atoms with Crippen molar-refractivity contribution in [3.8, 4) is 0 Å². The van der Waals surface area contributed by atoms with Gasteiger partial charge in [-0.25, -0.2) is 0 Å². The van der Waals surface area contributed by atoms with Crippen LogP contribution in [-0.2, 0) is 0 Å². The fourth-order valence-corrected chi connectivity index (χ4v) is 0.993. The first-order chi connectivity index (χ1) is 3.65. The highest BCUT2D eigenvalue weighted by atomic mass is 16.4. The van der Waals surface area contributed by atoms with E-state index in [1.807, 2.05) is 6.92 Å². The lowest BCUT2D eigenvalue weighted by Crippen LogP contribution is -2.35. The molecule has 46 valence electrons. The lowest BCUT2D eigenvalue weighted by atomic mass is 9.49. The summed E-state index contributed by atoms with van der Waals surface area (Å²) in [6, 6.07) is 0. The van der Waals surface area contributed by atoms with Crippen LogP contribution >= 0.6 is 0 Å². The summed E-state index contributed by atoms with van der Waals surface area (Å²) >= 11 is 0. The molecule has 0 heterocycles. The predicted molar refractivity (Wildman–Crippen MR) is 32.4 cm³/mol. The van der Waals surface area contributed by atoms with Gasteiger partial charge in [-0.05, 0) is 12.8 Å². The Balaban J connectivity index is 2.41. The normalized spacial score (nSPS) is 24.4. The largest absolute Gasteiger partial charge is 0.457 e. The SMILES string of the molecule is CC1(B(O)O)CCC1. The Morgan fingerprint density at radius 3 is 1.88 bits per heavy atom. The first-order valence-corrected chi connectivity index (χ1v) is 3.01. The van der Waals surface area contributed by atoms with E-state index in [9.17, 15) is 0 Å². The molecule has 1 aliphatic carbocycles. The highest BCUT2D eigenvalue weighted by molar-refractivity contribution is 6.45. The molecule has 2 nitrogen and oxygen atoms in total. The van der Waals surface area contributed by atoms with Gasteiger partial charge < -0.3 is 10.0 Å². The minimum Gasteiger partial charge on any atom is -0.427 e. The van der Waals surface area contributed by atoms with Gasteiger partial charge in [-0.1, -0.05) is 13.3 Å². The third kappa shape index (κ3) is 0.760. The molecule has 0 aromatic carbocycles. The van der Waals surface area contributed by atoms with Gasteiger partial charge in [0.25, 0.3) is 0 Å². The Labute approximate surface area is 49.7 Å². The van der Waals surface area contributed by atoms with Gasteiger partial charge in [0, 0.05) is 5.31 Å². The van der Waals surface area contributed by atoms with E-state index in [0.717, 1.165) is 19.3 Å². The van der Waals surface area contributed by atoms with Crippen LogP contribution in [0.15, 0.2) is 0 Å². The van der Waals surface area contributed by atoms with Crippen molar-refractivity contribution in [3.63, 3.8) is 0 Å². The molecular formula is C5H11BO2. The van der Waals surface area contributed by atoms with Crippen LogP contribution in [0.1, 0.15) is 26.2 Å².